The summed E-state index contributed by atoms with van der Waals surface area (Å²) in [7, 11) is 6.91. The third-order valence-electron chi connectivity index (χ3n) is 5.31. The van der Waals surface area contributed by atoms with E-state index in [9.17, 15) is 30.3 Å². The average Bonchev–Trinajstić information content (AvgIpc) is 2.86. The van der Waals surface area contributed by atoms with Gasteiger partial charge in [0.05, 0.1) is 75.7 Å². The molecule has 0 unspecified atom stereocenters. The van der Waals surface area contributed by atoms with Crippen LogP contribution in [0.1, 0.15) is 0 Å². The number of methoxy groups -OCH3 is 5. The predicted molar refractivity (Wildman–Crippen MR) is 127 cm³/mol. The van der Waals surface area contributed by atoms with Crippen LogP contribution in [0.4, 0.5) is 0 Å². The molecule has 19 nitrogen and oxygen atoms in total. The molecule has 0 fully saturated rings. The number of hydrogen-bond donors (Lipinski definition) is 0. The van der Waals surface area contributed by atoms with Crippen LogP contribution >= 0.6 is 0 Å². The second-order valence-corrected chi connectivity index (χ2v) is 9.14. The Labute approximate surface area is 225 Å². The number of ether oxygens (including phenoxy) is 7. The predicted octanol–water partition coefficient (Wildman–Crippen LogP) is -0.164. The molecular formula is C20H39N3O16. The molecule has 230 valence electrons. The molecule has 0 aromatic carbocycles. The molecule has 0 aromatic heterocycles. The second-order valence-electron chi connectivity index (χ2n) is 9.14. The molecule has 0 N–H and O–H groups in total. The summed E-state index contributed by atoms with van der Waals surface area (Å²) in [6.45, 7) is -2.34. The Morgan fingerprint density at radius 3 is 0.795 bits per heavy atom. The lowest BCUT2D eigenvalue weighted by Crippen LogP contribution is -2.47. The van der Waals surface area contributed by atoms with Crippen LogP contribution in [0.25, 0.3) is 0 Å². The smallest absolute Gasteiger partial charge is 0.294 e. The first kappa shape index (κ1) is 36.3. The topological polar surface area (TPSA) is 222 Å². The van der Waals surface area contributed by atoms with E-state index in [4.69, 9.17) is 33.2 Å². The van der Waals surface area contributed by atoms with Crippen LogP contribution in [0.5, 0.6) is 0 Å². The fourth-order valence-electron chi connectivity index (χ4n) is 3.82. The third-order valence-corrected chi connectivity index (χ3v) is 5.31. The molecule has 0 bridgehead atoms. The van der Waals surface area contributed by atoms with Crippen molar-refractivity contribution in [2.45, 2.75) is 0 Å². The van der Waals surface area contributed by atoms with E-state index in [1.807, 2.05) is 0 Å². The van der Waals surface area contributed by atoms with Crippen LogP contribution in [0, 0.1) is 46.6 Å². The van der Waals surface area contributed by atoms with Crippen LogP contribution in [0.15, 0.2) is 0 Å². The quantitative estimate of drug-likeness (QED) is 0.0913. The van der Waals surface area contributed by atoms with Gasteiger partial charge in [0.1, 0.15) is 19.8 Å². The summed E-state index contributed by atoms with van der Waals surface area (Å²) in [6, 6.07) is 0. The van der Waals surface area contributed by atoms with E-state index < -0.39 is 51.3 Å². The van der Waals surface area contributed by atoms with Crippen LogP contribution in [0.2, 0.25) is 0 Å². The minimum atomic E-state index is -1.26. The molecule has 0 aliphatic heterocycles. The first-order valence-electron chi connectivity index (χ1n) is 11.4. The van der Waals surface area contributed by atoms with Crippen molar-refractivity contribution in [3.05, 3.63) is 30.3 Å². The Bertz CT molecular complexity index is 656. The van der Waals surface area contributed by atoms with Crippen molar-refractivity contribution in [3.8, 4) is 0 Å². The Morgan fingerprint density at radius 2 is 0.615 bits per heavy atom. The van der Waals surface area contributed by atoms with E-state index in [-0.39, 0.29) is 59.5 Å². The largest absolute Gasteiger partial charge is 0.384 e. The maximum absolute atomic E-state index is 11.0. The molecule has 0 rings (SSSR count). The van der Waals surface area contributed by atoms with Crippen LogP contribution in [-0.4, -0.2) is 130 Å². The van der Waals surface area contributed by atoms with Crippen molar-refractivity contribution in [2.24, 2.45) is 16.2 Å². The van der Waals surface area contributed by atoms with Gasteiger partial charge in [0, 0.05) is 35.5 Å². The van der Waals surface area contributed by atoms with Gasteiger partial charge >= 0.3 is 0 Å². The average molecular weight is 578 g/mol. The fourth-order valence-corrected chi connectivity index (χ4v) is 3.82. The van der Waals surface area contributed by atoms with Crippen molar-refractivity contribution >= 4 is 0 Å². The Kier molecular flexibility index (Phi) is 18.1. The highest BCUT2D eigenvalue weighted by atomic mass is 17.0. The van der Waals surface area contributed by atoms with Gasteiger partial charge in [-0.2, -0.15) is 0 Å². The molecule has 0 saturated carbocycles. The van der Waals surface area contributed by atoms with E-state index in [0.717, 1.165) is 0 Å². The summed E-state index contributed by atoms with van der Waals surface area (Å²) in [5.74, 6) is 0. The highest BCUT2D eigenvalue weighted by Gasteiger charge is 2.39. The molecule has 0 radical (unpaired) electrons. The lowest BCUT2D eigenvalue weighted by Gasteiger charge is -2.37. The van der Waals surface area contributed by atoms with Gasteiger partial charge in [-0.05, 0) is 0 Å². The SMILES string of the molecule is COCC(COC)(COCC(COC)(COCC(COC)(COC)CO[N+](=O)[O-])CO[N+](=O)[O-])CO[N+](=O)[O-]. The normalized spacial score (nSPS) is 12.2. The van der Waals surface area contributed by atoms with Crippen LogP contribution in [0.3, 0.4) is 0 Å². The van der Waals surface area contributed by atoms with E-state index in [1.54, 1.807) is 0 Å². The number of rotatable bonds is 27. The summed E-state index contributed by atoms with van der Waals surface area (Å²) in [6.07, 6.45) is 0. The highest BCUT2D eigenvalue weighted by Crippen LogP contribution is 2.27. The molecule has 0 saturated heterocycles. The van der Waals surface area contributed by atoms with Gasteiger partial charge in [-0.1, -0.05) is 0 Å². The summed E-state index contributed by atoms with van der Waals surface area (Å²) >= 11 is 0. The van der Waals surface area contributed by atoms with E-state index >= 15 is 0 Å². The fraction of sp³-hybridized carbons (Fsp3) is 1.00. The van der Waals surface area contributed by atoms with Gasteiger partial charge in [0.15, 0.2) is 0 Å². The maximum atomic E-state index is 11.0. The molecule has 39 heavy (non-hydrogen) atoms. The zero-order valence-electron chi connectivity index (χ0n) is 22.9. The van der Waals surface area contributed by atoms with Crippen LogP contribution < -0.4 is 0 Å². The molecule has 0 aliphatic rings. The first-order valence-corrected chi connectivity index (χ1v) is 11.4. The number of nitrogens with zero attached hydrogens (tertiary/aromatic N) is 3. The molecule has 0 spiro atoms. The zero-order chi connectivity index (χ0) is 29.8. The monoisotopic (exact) mass is 577 g/mol. The Balaban J connectivity index is 5.79. The van der Waals surface area contributed by atoms with E-state index in [0.29, 0.717) is 0 Å². The molecule has 0 atom stereocenters. The van der Waals surface area contributed by atoms with Gasteiger partial charge in [0.2, 0.25) is 0 Å². The zero-order valence-corrected chi connectivity index (χ0v) is 22.9. The lowest BCUT2D eigenvalue weighted by molar-refractivity contribution is -0.761. The summed E-state index contributed by atoms with van der Waals surface area (Å²) in [5.41, 5.74) is -3.44. The molecule has 0 aromatic rings. The van der Waals surface area contributed by atoms with Crippen molar-refractivity contribution in [3.63, 3.8) is 0 Å². The van der Waals surface area contributed by atoms with Gasteiger partial charge in [0.25, 0.3) is 15.3 Å². The van der Waals surface area contributed by atoms with E-state index in [1.165, 1.54) is 35.5 Å². The molecule has 0 heterocycles. The van der Waals surface area contributed by atoms with Gasteiger partial charge in [-0.25, -0.2) is 0 Å². The highest BCUT2D eigenvalue weighted by molar-refractivity contribution is 4.84. The summed E-state index contributed by atoms with van der Waals surface area (Å²) in [4.78, 5) is 46.3. The first-order chi connectivity index (χ1) is 18.5. The van der Waals surface area contributed by atoms with Gasteiger partial charge in [-0.15, -0.1) is 30.3 Å². The summed E-state index contributed by atoms with van der Waals surface area (Å²) < 4.78 is 37.7. The van der Waals surface area contributed by atoms with Gasteiger partial charge in [-0.3, -0.25) is 0 Å². The Hall–Kier alpha value is -2.68. The minimum absolute atomic E-state index is 0.0269. The van der Waals surface area contributed by atoms with Crippen molar-refractivity contribution in [2.75, 3.05) is 115 Å². The van der Waals surface area contributed by atoms with Crippen molar-refractivity contribution in [1.29, 1.82) is 0 Å². The minimum Gasteiger partial charge on any atom is -0.384 e. The van der Waals surface area contributed by atoms with Gasteiger partial charge < -0.3 is 47.7 Å². The molecule has 0 amide bonds. The van der Waals surface area contributed by atoms with Crippen molar-refractivity contribution in [1.82, 2.24) is 0 Å². The maximum Gasteiger partial charge on any atom is 0.294 e. The third kappa shape index (κ3) is 14.9. The van der Waals surface area contributed by atoms with E-state index in [2.05, 4.69) is 14.5 Å². The standard InChI is InChI=1S/C20H39N3O16/c1-30-6-18(7-31-2,15-37-21(24)25)11-35-13-20(10-34-5,17-39-23(28)29)14-36-12-19(8-32-3,9-33-4)16-38-22(26)27/h6-17H2,1-5H3. The lowest BCUT2D eigenvalue weighted by atomic mass is 9.89. The summed E-state index contributed by atoms with van der Waals surface area (Å²) in [5, 5.41) is 29.7. The molecular weight excluding hydrogens is 538 g/mol. The number of hydrogen-bond acceptors (Lipinski definition) is 16. The second kappa shape index (κ2) is 19.4. The molecule has 19 heteroatoms. The van der Waals surface area contributed by atoms with Crippen molar-refractivity contribution < 1.29 is 62.9 Å². The molecule has 0 aliphatic carbocycles. The van der Waals surface area contributed by atoms with Crippen LogP contribution in [-0.2, 0) is 47.7 Å². The Morgan fingerprint density at radius 1 is 0.410 bits per heavy atom.